The molecule has 0 fully saturated rings. The Labute approximate surface area is 177 Å². The maximum absolute atomic E-state index is 13.0. The summed E-state index contributed by atoms with van der Waals surface area (Å²) < 4.78 is 21.7. The van der Waals surface area contributed by atoms with Crippen LogP contribution in [0.15, 0.2) is 69.1 Å². The largest absolute Gasteiger partial charge is 0.497 e. The van der Waals surface area contributed by atoms with Crippen molar-refractivity contribution in [3.63, 3.8) is 0 Å². The molecule has 3 heterocycles. The number of carbonyl (C=O) groups excluding carboxylic acids is 1. The normalized spacial score (nSPS) is 10.7. The molecule has 154 valence electrons. The summed E-state index contributed by atoms with van der Waals surface area (Å²) in [5, 5.41) is 6.04. The van der Waals surface area contributed by atoms with Gasteiger partial charge in [-0.1, -0.05) is 11.2 Å². The number of benzene rings is 1. The van der Waals surface area contributed by atoms with Crippen LogP contribution < -0.4 is 9.47 Å². The van der Waals surface area contributed by atoms with Crippen LogP contribution in [-0.2, 0) is 13.1 Å². The number of carbonyl (C=O) groups is 1. The summed E-state index contributed by atoms with van der Waals surface area (Å²) in [6.45, 7) is 0.599. The zero-order valence-corrected chi connectivity index (χ0v) is 17.3. The molecular weight excluding hydrogens is 404 g/mol. The van der Waals surface area contributed by atoms with E-state index in [0.717, 1.165) is 5.56 Å². The van der Waals surface area contributed by atoms with E-state index in [-0.39, 0.29) is 12.5 Å². The third kappa shape index (κ3) is 4.23. The van der Waals surface area contributed by atoms with Crippen molar-refractivity contribution in [1.82, 2.24) is 10.1 Å². The number of ether oxygens (including phenoxy) is 2. The van der Waals surface area contributed by atoms with Gasteiger partial charge >= 0.3 is 0 Å². The molecule has 1 amide bonds. The van der Waals surface area contributed by atoms with E-state index >= 15 is 0 Å². The molecule has 4 rings (SSSR count). The number of thiophene rings is 1. The molecule has 7 nitrogen and oxygen atoms in total. The van der Waals surface area contributed by atoms with Crippen LogP contribution in [0.5, 0.6) is 11.5 Å². The highest BCUT2D eigenvalue weighted by Crippen LogP contribution is 2.34. The van der Waals surface area contributed by atoms with Gasteiger partial charge in [0.25, 0.3) is 5.91 Å². The van der Waals surface area contributed by atoms with Gasteiger partial charge in [0.1, 0.15) is 23.0 Å². The number of nitrogens with zero attached hydrogens (tertiary/aromatic N) is 2. The van der Waals surface area contributed by atoms with Gasteiger partial charge in [0.15, 0.2) is 5.76 Å². The fourth-order valence-electron chi connectivity index (χ4n) is 3.06. The van der Waals surface area contributed by atoms with Crippen molar-refractivity contribution >= 4 is 17.2 Å². The van der Waals surface area contributed by atoms with Crippen molar-refractivity contribution in [1.29, 1.82) is 0 Å². The number of hydrogen-bond donors (Lipinski definition) is 0. The third-order valence-electron chi connectivity index (χ3n) is 4.53. The van der Waals surface area contributed by atoms with E-state index < -0.39 is 0 Å². The average molecular weight is 424 g/mol. The molecule has 4 aromatic rings. The van der Waals surface area contributed by atoms with E-state index in [2.05, 4.69) is 5.16 Å². The molecule has 0 spiro atoms. The van der Waals surface area contributed by atoms with E-state index in [4.69, 9.17) is 18.4 Å². The Balaban J connectivity index is 1.60. The number of furan rings is 1. The second-order valence-electron chi connectivity index (χ2n) is 6.47. The van der Waals surface area contributed by atoms with Gasteiger partial charge < -0.3 is 23.3 Å². The second-order valence-corrected chi connectivity index (χ2v) is 7.41. The highest BCUT2D eigenvalue weighted by molar-refractivity contribution is 7.12. The Morgan fingerprint density at radius 1 is 1.10 bits per heavy atom. The standard InChI is InChI=1S/C22H20N2O5S/c1-26-16-7-8-19(27-2)18(12-16)20-11-15(23-29-20)13-24(14-17-5-3-9-28-17)22(25)21-6-4-10-30-21/h3-12H,13-14H2,1-2H3. The summed E-state index contributed by atoms with van der Waals surface area (Å²) in [6, 6.07) is 14.5. The lowest BCUT2D eigenvalue weighted by Gasteiger charge is -2.19. The molecule has 0 aliphatic heterocycles. The van der Waals surface area contributed by atoms with E-state index in [1.807, 2.05) is 29.6 Å². The van der Waals surface area contributed by atoms with E-state index in [1.54, 1.807) is 49.6 Å². The first-order valence-corrected chi connectivity index (χ1v) is 10.1. The van der Waals surface area contributed by atoms with Gasteiger partial charge in [-0.05, 0) is 41.8 Å². The summed E-state index contributed by atoms with van der Waals surface area (Å²) in [5.74, 6) is 2.45. The summed E-state index contributed by atoms with van der Waals surface area (Å²) >= 11 is 1.40. The molecule has 0 N–H and O–H groups in total. The third-order valence-corrected chi connectivity index (χ3v) is 5.39. The fraction of sp³-hybridized carbons (Fsp3) is 0.182. The van der Waals surface area contributed by atoms with Crippen LogP contribution in [-0.4, -0.2) is 30.2 Å². The lowest BCUT2D eigenvalue weighted by Crippen LogP contribution is -2.29. The van der Waals surface area contributed by atoms with Crippen LogP contribution in [0.1, 0.15) is 21.1 Å². The minimum Gasteiger partial charge on any atom is -0.497 e. The molecular formula is C22H20N2O5S. The van der Waals surface area contributed by atoms with Crippen molar-refractivity contribution in [3.8, 4) is 22.8 Å². The Morgan fingerprint density at radius 2 is 2.00 bits per heavy atom. The molecule has 1 aromatic carbocycles. The Kier molecular flexibility index (Phi) is 5.85. The van der Waals surface area contributed by atoms with Gasteiger partial charge in [-0.2, -0.15) is 0 Å². The van der Waals surface area contributed by atoms with Crippen molar-refractivity contribution in [2.24, 2.45) is 0 Å². The number of methoxy groups -OCH3 is 2. The number of amides is 1. The molecule has 0 unspecified atom stereocenters. The number of aromatic nitrogens is 1. The molecule has 0 aliphatic carbocycles. The zero-order valence-electron chi connectivity index (χ0n) is 16.5. The smallest absolute Gasteiger partial charge is 0.264 e. The first-order chi connectivity index (χ1) is 14.7. The van der Waals surface area contributed by atoms with Crippen LogP contribution in [0.4, 0.5) is 0 Å². The maximum Gasteiger partial charge on any atom is 0.264 e. The summed E-state index contributed by atoms with van der Waals surface area (Å²) in [6.07, 6.45) is 1.59. The fourth-order valence-corrected chi connectivity index (χ4v) is 3.75. The monoisotopic (exact) mass is 424 g/mol. The highest BCUT2D eigenvalue weighted by Gasteiger charge is 2.21. The highest BCUT2D eigenvalue weighted by atomic mass is 32.1. The van der Waals surface area contributed by atoms with Crippen molar-refractivity contribution in [2.45, 2.75) is 13.1 Å². The number of rotatable bonds is 8. The summed E-state index contributed by atoms with van der Waals surface area (Å²) in [4.78, 5) is 15.3. The average Bonchev–Trinajstić information content (AvgIpc) is 3.55. The van der Waals surface area contributed by atoms with E-state index in [1.165, 1.54) is 11.3 Å². The molecule has 0 bridgehead atoms. The van der Waals surface area contributed by atoms with Crippen molar-refractivity contribution < 1.29 is 23.2 Å². The van der Waals surface area contributed by atoms with Crippen LogP contribution in [0.2, 0.25) is 0 Å². The summed E-state index contributed by atoms with van der Waals surface area (Å²) in [7, 11) is 3.19. The molecule has 0 radical (unpaired) electrons. The van der Waals surface area contributed by atoms with E-state index in [9.17, 15) is 4.79 Å². The first-order valence-electron chi connectivity index (χ1n) is 9.21. The van der Waals surface area contributed by atoms with Crippen LogP contribution in [0.3, 0.4) is 0 Å². The topological polar surface area (TPSA) is 77.9 Å². The van der Waals surface area contributed by atoms with Crippen LogP contribution in [0.25, 0.3) is 11.3 Å². The van der Waals surface area contributed by atoms with Gasteiger partial charge in [-0.15, -0.1) is 11.3 Å². The van der Waals surface area contributed by atoms with Crippen molar-refractivity contribution in [3.05, 3.63) is 76.5 Å². The molecule has 8 heteroatoms. The first kappa shape index (κ1) is 19.8. The second kappa shape index (κ2) is 8.87. The minimum absolute atomic E-state index is 0.0927. The van der Waals surface area contributed by atoms with Gasteiger partial charge in [0.2, 0.25) is 0 Å². The van der Waals surface area contributed by atoms with Gasteiger partial charge in [-0.3, -0.25) is 4.79 Å². The molecule has 0 atom stereocenters. The Bertz CT molecular complexity index is 1100. The molecule has 0 saturated carbocycles. The van der Waals surface area contributed by atoms with Gasteiger partial charge in [0.05, 0.1) is 44.0 Å². The van der Waals surface area contributed by atoms with Crippen molar-refractivity contribution in [2.75, 3.05) is 14.2 Å². The Hall–Kier alpha value is -3.52. The lowest BCUT2D eigenvalue weighted by atomic mass is 10.1. The zero-order chi connectivity index (χ0) is 20.9. The van der Waals surface area contributed by atoms with Crippen LogP contribution in [0, 0.1) is 0 Å². The quantitative estimate of drug-likeness (QED) is 0.402. The number of hydrogen-bond acceptors (Lipinski definition) is 7. The predicted molar refractivity (Wildman–Crippen MR) is 112 cm³/mol. The summed E-state index contributed by atoms with van der Waals surface area (Å²) in [5.41, 5.74) is 1.34. The molecule has 3 aromatic heterocycles. The molecule has 30 heavy (non-hydrogen) atoms. The SMILES string of the molecule is COc1ccc(OC)c(-c2cc(CN(Cc3ccco3)C(=O)c3cccs3)no2)c1. The molecule has 0 saturated heterocycles. The van der Waals surface area contributed by atoms with Gasteiger partial charge in [0, 0.05) is 6.07 Å². The predicted octanol–water partition coefficient (Wildman–Crippen LogP) is 4.86. The Morgan fingerprint density at radius 3 is 2.70 bits per heavy atom. The maximum atomic E-state index is 13.0. The molecule has 0 aliphatic rings. The van der Waals surface area contributed by atoms with Crippen LogP contribution >= 0.6 is 11.3 Å². The minimum atomic E-state index is -0.0927. The van der Waals surface area contributed by atoms with E-state index in [0.29, 0.717) is 40.1 Å². The van der Waals surface area contributed by atoms with Gasteiger partial charge in [-0.25, -0.2) is 0 Å². The lowest BCUT2D eigenvalue weighted by molar-refractivity contribution is 0.0718.